The molecule has 3 aromatic heterocycles. The van der Waals surface area contributed by atoms with E-state index in [1.807, 2.05) is 71.1 Å². The zero-order valence-corrected chi connectivity index (χ0v) is 49.4. The lowest BCUT2D eigenvalue weighted by atomic mass is 9.39. The van der Waals surface area contributed by atoms with E-state index >= 15 is 0 Å². The third-order valence-electron chi connectivity index (χ3n) is 17.0. The van der Waals surface area contributed by atoms with Crippen LogP contribution in [0.5, 0.6) is 5.75 Å². The molecule has 4 saturated carbocycles. The van der Waals surface area contributed by atoms with Crippen LogP contribution in [0.4, 0.5) is 21.4 Å². The first-order valence-corrected chi connectivity index (χ1v) is 29.8. The molecular formula is C63H71N9O14S. The number of hydrogen-bond acceptors (Lipinski definition) is 19. The van der Waals surface area contributed by atoms with Gasteiger partial charge in [-0.2, -0.15) is 5.10 Å². The highest BCUT2D eigenvalue weighted by atomic mass is 32.1. The van der Waals surface area contributed by atoms with E-state index in [1.54, 1.807) is 30.5 Å². The van der Waals surface area contributed by atoms with Crippen molar-refractivity contribution in [2.24, 2.45) is 22.0 Å². The molecule has 23 nitrogen and oxygen atoms in total. The lowest BCUT2D eigenvalue weighted by molar-refractivity contribution is -0.250. The van der Waals surface area contributed by atoms with Crippen LogP contribution in [-0.2, 0) is 43.3 Å². The minimum absolute atomic E-state index is 0.0499. The third kappa shape index (κ3) is 12.9. The molecule has 24 heteroatoms. The molecule has 4 bridgehead atoms. The molecule has 4 aliphatic carbocycles. The van der Waals surface area contributed by atoms with Crippen molar-refractivity contribution in [1.82, 2.24) is 25.1 Å². The number of alkyl carbamates (subject to hydrolysis) is 1. The quantitative estimate of drug-likeness (QED) is 0.0255. The molecule has 10 N–H and O–H groups in total. The molecule has 6 aliphatic rings. The summed E-state index contributed by atoms with van der Waals surface area (Å²) < 4.78 is 32.0. The highest BCUT2D eigenvalue weighted by molar-refractivity contribution is 7.22. The number of fused-ring (bicyclic) bond motifs is 2. The first kappa shape index (κ1) is 60.0. The fourth-order valence-electron chi connectivity index (χ4n) is 14.6. The van der Waals surface area contributed by atoms with Gasteiger partial charge in [0, 0.05) is 55.1 Å². The fraction of sp³-hybridized carbons (Fsp3) is 0.413. The number of anilines is 3. The average Bonchev–Trinajstić information content (AvgIpc) is 1.12. The Morgan fingerprint density at radius 2 is 1.68 bits per heavy atom. The predicted octanol–water partition coefficient (Wildman–Crippen LogP) is 9.65. The minimum Gasteiger partial charge on any atom is -0.503 e. The highest BCUT2D eigenvalue weighted by Crippen LogP contribution is 2.72. The number of carbonyl (C=O) groups is 4. The van der Waals surface area contributed by atoms with Crippen molar-refractivity contribution in [2.45, 2.75) is 97.1 Å². The first-order valence-electron chi connectivity index (χ1n) is 29.0. The van der Waals surface area contributed by atoms with Gasteiger partial charge in [0.2, 0.25) is 17.3 Å². The third-order valence-corrected chi connectivity index (χ3v) is 18.0. The number of nitrogens with two attached hydrogens (primary N) is 1. The Morgan fingerprint density at radius 3 is 2.45 bits per heavy atom. The van der Waals surface area contributed by atoms with E-state index in [9.17, 15) is 44.7 Å². The van der Waals surface area contributed by atoms with Gasteiger partial charge in [0.05, 0.1) is 47.5 Å². The van der Waals surface area contributed by atoms with Gasteiger partial charge >= 0.3 is 24.3 Å². The summed E-state index contributed by atoms with van der Waals surface area (Å²) in [7, 11) is 0. The fourth-order valence-corrected chi connectivity index (χ4v) is 15.4. The minimum atomic E-state index is -1.77. The number of nitrogens with one attached hydrogen (secondary N) is 3. The van der Waals surface area contributed by atoms with Crippen LogP contribution >= 0.6 is 11.3 Å². The van der Waals surface area contributed by atoms with E-state index in [-0.39, 0.29) is 59.0 Å². The second kappa shape index (κ2) is 24.6. The number of benzene rings is 3. The van der Waals surface area contributed by atoms with Crippen LogP contribution in [0, 0.1) is 23.2 Å². The number of aliphatic carboxylic acids is 1. The molecule has 6 aromatic rings. The van der Waals surface area contributed by atoms with Crippen molar-refractivity contribution < 1.29 is 68.4 Å². The van der Waals surface area contributed by atoms with E-state index in [0.29, 0.717) is 97.7 Å². The van der Waals surface area contributed by atoms with Crippen molar-refractivity contribution >= 4 is 68.2 Å². The SMILES string of the molecule is Cc1c(-c2ccc(N3CCc4cccc(C(=O)Nc5nc6ccccc6s5)c4C3)nc2C(=O)O)cnn1CC12CC3(C)C[C@@](C)(C1)C[C@@](OCCOCCNC(=O)OC/C=C/c1ccc(O[C@H]4OC(C(=O)O)=C(O)C(O)=C4O)c(NCCCN)c1)(C3)C2. The number of hydrogen-bond donors (Lipinski definition) is 9. The van der Waals surface area contributed by atoms with Crippen molar-refractivity contribution in [3.05, 3.63) is 142 Å². The summed E-state index contributed by atoms with van der Waals surface area (Å²) in [5.74, 6) is -6.58. The Morgan fingerprint density at radius 1 is 0.874 bits per heavy atom. The van der Waals surface area contributed by atoms with Crippen molar-refractivity contribution in [1.29, 1.82) is 0 Å². The summed E-state index contributed by atoms with van der Waals surface area (Å²) in [5.41, 5.74) is 11.7. The van der Waals surface area contributed by atoms with Crippen molar-refractivity contribution in [3.63, 3.8) is 0 Å². The number of aliphatic hydroxyl groups excluding tert-OH is 3. The molecule has 0 radical (unpaired) electrons. The maximum atomic E-state index is 13.7. The molecule has 2 amide bonds. The van der Waals surface area contributed by atoms with Gasteiger partial charge in [-0.05, 0) is 146 Å². The predicted molar refractivity (Wildman–Crippen MR) is 324 cm³/mol. The zero-order chi connectivity index (χ0) is 61.3. The first-order chi connectivity index (χ1) is 41.7. The van der Waals surface area contributed by atoms with E-state index < -0.39 is 47.4 Å². The van der Waals surface area contributed by atoms with Crippen LogP contribution < -0.4 is 31.3 Å². The molecular weight excluding hydrogens is 1140 g/mol. The number of ether oxygens (including phenoxy) is 5. The van der Waals surface area contributed by atoms with Crippen LogP contribution in [-0.4, -0.2) is 134 Å². The van der Waals surface area contributed by atoms with E-state index in [2.05, 4.69) is 34.8 Å². The lowest BCUT2D eigenvalue weighted by Gasteiger charge is -2.69. The Hall–Kier alpha value is -8.71. The number of carbonyl (C=O) groups excluding carboxylic acids is 2. The molecule has 87 heavy (non-hydrogen) atoms. The summed E-state index contributed by atoms with van der Waals surface area (Å²) in [6.07, 6.45) is 9.89. The standard InChI is InChI=1S/C63H71N9O14S/c1-37-42(40-15-17-48(69-49(40)55(77)78)71-22-18-39-10-6-11-41(43(39)29-71)54(76)70-58-68-44-12-4-5-13-47(44)87-58)28-67-72(37)36-62-31-60(2)30-61(3,32-62)34-63(33-60,35-62)84-26-25-82-24-21-66-59(81)83-23-7-9-38-14-16-46(45(27-38)65-20-8-19-64)85-57-52(75)50(73)51(74)53(86-57)56(79)80/h4-7,9-17,27-28,57,65,73-75H,8,18-26,29-36,64H2,1-3H3,(H,66,81)(H,77,78)(H,79,80)(H,68,70,76)/b9-7+/t57-,60-,61?,62?,63+/m0/s1. The van der Waals surface area contributed by atoms with Crippen LogP contribution in [0.1, 0.15) is 102 Å². The summed E-state index contributed by atoms with van der Waals surface area (Å²) in [4.78, 5) is 62.3. The van der Waals surface area contributed by atoms with Gasteiger partial charge in [-0.3, -0.25) is 14.8 Å². The average molecular weight is 1210 g/mol. The number of rotatable bonds is 24. The number of pyridine rings is 1. The van der Waals surface area contributed by atoms with E-state index in [4.69, 9.17) is 39.5 Å². The molecule has 4 fully saturated rings. The van der Waals surface area contributed by atoms with Gasteiger partial charge in [-0.1, -0.05) is 61.6 Å². The van der Waals surface area contributed by atoms with Gasteiger partial charge in [-0.25, -0.2) is 24.4 Å². The Bertz CT molecular complexity index is 3690. The van der Waals surface area contributed by atoms with Gasteiger partial charge < -0.3 is 70.5 Å². The second-order valence-corrected chi connectivity index (χ2v) is 25.1. The number of aromatic carboxylic acids is 1. The zero-order valence-electron chi connectivity index (χ0n) is 48.6. The summed E-state index contributed by atoms with van der Waals surface area (Å²) in [5, 5.41) is 64.6. The Labute approximate surface area is 505 Å². The molecule has 2 unspecified atom stereocenters. The second-order valence-electron chi connectivity index (χ2n) is 24.1. The van der Waals surface area contributed by atoms with Crippen molar-refractivity contribution in [3.8, 4) is 16.9 Å². The van der Waals surface area contributed by atoms with Gasteiger partial charge in [0.25, 0.3) is 11.7 Å². The summed E-state index contributed by atoms with van der Waals surface area (Å²) in [6, 6.07) is 22.0. The smallest absolute Gasteiger partial charge is 0.407 e. The van der Waals surface area contributed by atoms with Crippen LogP contribution in [0.3, 0.4) is 0 Å². The number of aliphatic hydroxyl groups is 3. The molecule has 458 valence electrons. The molecule has 12 rings (SSSR count). The molecule has 3 aromatic carbocycles. The largest absolute Gasteiger partial charge is 0.503 e. The number of carboxylic acid groups (broad SMARTS) is 2. The number of carboxylic acids is 2. The molecule has 5 atom stereocenters. The number of para-hydroxylation sites is 1. The maximum Gasteiger partial charge on any atom is 0.407 e. The van der Waals surface area contributed by atoms with Gasteiger partial charge in [0.1, 0.15) is 18.2 Å². The lowest BCUT2D eigenvalue weighted by Crippen LogP contribution is -2.64. The number of aromatic nitrogens is 4. The molecule has 5 heterocycles. The van der Waals surface area contributed by atoms with Crippen LogP contribution in [0.2, 0.25) is 0 Å². The van der Waals surface area contributed by atoms with Gasteiger partial charge in [-0.15, -0.1) is 0 Å². The summed E-state index contributed by atoms with van der Waals surface area (Å²) >= 11 is 1.42. The normalized spacial score (nSPS) is 23.0. The Kier molecular flexibility index (Phi) is 16.9. The molecule has 0 spiro atoms. The van der Waals surface area contributed by atoms with Crippen LogP contribution in [0.15, 0.2) is 108 Å². The van der Waals surface area contributed by atoms with E-state index in [0.717, 1.165) is 65.6 Å². The Balaban J connectivity index is 0.661. The van der Waals surface area contributed by atoms with Crippen molar-refractivity contribution in [2.75, 3.05) is 68.1 Å². The highest BCUT2D eigenvalue weighted by Gasteiger charge is 2.66. The number of thiazole rings is 1. The topological polar surface area (TPSA) is 325 Å². The molecule has 2 aliphatic heterocycles. The molecule has 0 saturated heterocycles. The summed E-state index contributed by atoms with van der Waals surface area (Å²) in [6.45, 7) is 10.4. The van der Waals surface area contributed by atoms with Gasteiger partial charge in [0.15, 0.2) is 10.8 Å². The maximum absolute atomic E-state index is 13.7. The van der Waals surface area contributed by atoms with Crippen LogP contribution in [0.25, 0.3) is 27.4 Å². The van der Waals surface area contributed by atoms with E-state index in [1.165, 1.54) is 17.4 Å². The number of nitrogens with zero attached hydrogens (tertiary/aromatic N) is 5. The monoisotopic (exact) mass is 1210 g/mol. The number of amides is 2.